The molecule has 0 aromatic rings. The number of hydrogen-bond acceptors (Lipinski definition) is 0. The fraction of sp³-hybridized carbons (Fsp3) is 0.429. The van der Waals surface area contributed by atoms with E-state index in [0.29, 0.717) is 0 Å². The van der Waals surface area contributed by atoms with Crippen LogP contribution in [0.1, 0.15) is 40.5 Å². The second kappa shape index (κ2) is 58.4. The Kier molecular flexibility index (Phi) is 96.3. The van der Waals surface area contributed by atoms with E-state index in [1.165, 1.54) is 0 Å². The molecule has 0 heterocycles. The van der Waals surface area contributed by atoms with E-state index < -0.39 is 0 Å². The minimum Gasteiger partial charge on any atom is -0.103 e. The summed E-state index contributed by atoms with van der Waals surface area (Å²) in [5.74, 6) is 0. The van der Waals surface area contributed by atoms with Crippen molar-refractivity contribution in [2.45, 2.75) is 40.5 Å². The van der Waals surface area contributed by atoms with Gasteiger partial charge >= 0.3 is 0 Å². The first kappa shape index (κ1) is 23.1. The van der Waals surface area contributed by atoms with Crippen molar-refractivity contribution in [1.82, 2.24) is 0 Å². The van der Waals surface area contributed by atoms with Crippen LogP contribution in [0.4, 0.5) is 0 Å². The summed E-state index contributed by atoms with van der Waals surface area (Å²) in [6, 6.07) is 0. The van der Waals surface area contributed by atoms with Crippen LogP contribution in [0.3, 0.4) is 0 Å². The molecule has 14 heavy (non-hydrogen) atoms. The van der Waals surface area contributed by atoms with Crippen molar-refractivity contribution in [2.24, 2.45) is 0 Å². The molecule has 0 saturated carbocycles. The molecule has 0 aliphatic heterocycles. The van der Waals surface area contributed by atoms with Crippen molar-refractivity contribution in [1.29, 1.82) is 0 Å². The number of allylic oxidation sites excluding steroid dienone is 4. The highest BCUT2D eigenvalue weighted by molar-refractivity contribution is 4.60. The third kappa shape index (κ3) is 1180. The molecule has 0 bridgehead atoms. The van der Waals surface area contributed by atoms with Crippen LogP contribution < -0.4 is 0 Å². The highest BCUT2D eigenvalue weighted by Gasteiger charge is 1.45. The summed E-state index contributed by atoms with van der Waals surface area (Å²) in [7, 11) is 0. The van der Waals surface area contributed by atoms with E-state index in [4.69, 9.17) is 0 Å². The molecule has 0 rings (SSSR count). The van der Waals surface area contributed by atoms with Gasteiger partial charge in [-0.25, -0.2) is 0 Å². The zero-order valence-corrected chi connectivity index (χ0v) is 10.6. The molecule has 0 nitrogen and oxygen atoms in total. The first-order valence-electron chi connectivity index (χ1n) is 5.02. The maximum absolute atomic E-state index is 3.48. The third-order valence-electron chi connectivity index (χ3n) is 0.577. The van der Waals surface area contributed by atoms with Crippen LogP contribution in [0.5, 0.6) is 0 Å². The Labute approximate surface area is 91.7 Å². The number of hydrogen-bond donors (Lipinski definition) is 0. The monoisotopic (exact) mass is 196 g/mol. The molecule has 84 valence electrons. The lowest BCUT2D eigenvalue weighted by Crippen LogP contribution is -1.36. The minimum absolute atomic E-state index is 1.08. The highest BCUT2D eigenvalue weighted by atomic mass is 13.5. The molecule has 0 radical (unpaired) electrons. The lowest BCUT2D eigenvalue weighted by Gasteiger charge is -1.57. The topological polar surface area (TPSA) is 0 Å². The summed E-state index contributed by atoms with van der Waals surface area (Å²) < 4.78 is 0. The van der Waals surface area contributed by atoms with Gasteiger partial charge in [-0.1, -0.05) is 38.2 Å². The number of rotatable bonds is 2. The summed E-state index contributed by atoms with van der Waals surface area (Å²) in [6.07, 6.45) is 9.42. The molecule has 0 fully saturated rings. The molecule has 0 aliphatic rings. The summed E-state index contributed by atoms with van der Waals surface area (Å²) in [6.45, 7) is 21.6. The quantitative estimate of drug-likeness (QED) is 0.508. The van der Waals surface area contributed by atoms with Gasteiger partial charge in [0.15, 0.2) is 0 Å². The van der Waals surface area contributed by atoms with Crippen LogP contribution in [0, 0.1) is 0 Å². The molecule has 0 heteroatoms. The molecule has 0 aliphatic carbocycles. The van der Waals surface area contributed by atoms with Gasteiger partial charge < -0.3 is 0 Å². The Hall–Kier alpha value is -1.04. The Morgan fingerprint density at radius 3 is 0.786 bits per heavy atom. The van der Waals surface area contributed by atoms with Crippen molar-refractivity contribution >= 4 is 0 Å². The molecule has 0 amide bonds. The molecular weight excluding hydrogens is 168 g/mol. The van der Waals surface area contributed by atoms with Crippen LogP contribution in [0.25, 0.3) is 0 Å². The van der Waals surface area contributed by atoms with Gasteiger partial charge in [-0.2, -0.15) is 0 Å². The lowest BCUT2D eigenvalue weighted by molar-refractivity contribution is 1.23. The smallest absolute Gasteiger partial charge is 0.0382 e. The Balaban J connectivity index is -0.0000000482. The first-order chi connectivity index (χ1) is 6.66. The van der Waals surface area contributed by atoms with E-state index in [2.05, 4.69) is 40.2 Å². The first-order valence-corrected chi connectivity index (χ1v) is 5.02. The van der Waals surface area contributed by atoms with Crippen LogP contribution in [0.15, 0.2) is 50.6 Å². The lowest BCUT2D eigenvalue weighted by atomic mass is 10.5. The Morgan fingerprint density at radius 2 is 0.786 bits per heavy atom. The van der Waals surface area contributed by atoms with Gasteiger partial charge in [-0.05, 0) is 26.7 Å². The molecule has 0 saturated heterocycles. The van der Waals surface area contributed by atoms with Crippen molar-refractivity contribution < 1.29 is 0 Å². The fourth-order valence-corrected chi connectivity index (χ4v) is 0. The normalized spacial score (nSPS) is 5.43. The van der Waals surface area contributed by atoms with Gasteiger partial charge in [-0.3, -0.25) is 0 Å². The highest BCUT2D eigenvalue weighted by Crippen LogP contribution is 1.66. The summed E-state index contributed by atoms with van der Waals surface area (Å²) in [5, 5.41) is 0. The fourth-order valence-electron chi connectivity index (χ4n) is 0. The van der Waals surface area contributed by atoms with Gasteiger partial charge in [-0.15, -0.1) is 26.3 Å². The molecule has 0 unspecified atom stereocenters. The Bertz CT molecular complexity index is 84.6. The summed E-state index contributed by atoms with van der Waals surface area (Å²) in [4.78, 5) is 0. The predicted octanol–water partition coefficient (Wildman–Crippen LogP) is 5.55. The van der Waals surface area contributed by atoms with Crippen LogP contribution in [-0.2, 0) is 0 Å². The van der Waals surface area contributed by atoms with E-state index in [9.17, 15) is 0 Å². The third-order valence-corrected chi connectivity index (χ3v) is 0.577. The molecule has 0 aromatic heterocycles. The van der Waals surface area contributed by atoms with Gasteiger partial charge in [0.05, 0.1) is 0 Å². The average Bonchev–Trinajstić information content (AvgIpc) is 2.20. The molecule has 0 spiro atoms. The van der Waals surface area contributed by atoms with E-state index in [1.807, 2.05) is 26.0 Å². The summed E-state index contributed by atoms with van der Waals surface area (Å²) >= 11 is 0. The summed E-state index contributed by atoms with van der Waals surface area (Å²) in [5.41, 5.74) is 0. The van der Waals surface area contributed by atoms with Crippen molar-refractivity contribution in [3.05, 3.63) is 50.6 Å². The SMILES string of the molecule is C=CC.C=CC.C=CCC.C=CCC. The van der Waals surface area contributed by atoms with Gasteiger partial charge in [0.25, 0.3) is 0 Å². The standard InChI is InChI=1S/2C4H8.2C3H6/c2*1-3-4-2;2*1-3-2/h2*3H,1,4H2,2H3;2*3H,1H2,2H3. The van der Waals surface area contributed by atoms with E-state index >= 15 is 0 Å². The Morgan fingerprint density at radius 1 is 0.714 bits per heavy atom. The van der Waals surface area contributed by atoms with Crippen molar-refractivity contribution in [3.8, 4) is 0 Å². The van der Waals surface area contributed by atoms with E-state index in [-0.39, 0.29) is 0 Å². The van der Waals surface area contributed by atoms with E-state index in [0.717, 1.165) is 12.8 Å². The van der Waals surface area contributed by atoms with Crippen molar-refractivity contribution in [2.75, 3.05) is 0 Å². The van der Waals surface area contributed by atoms with Crippen LogP contribution >= 0.6 is 0 Å². The largest absolute Gasteiger partial charge is 0.103 e. The van der Waals surface area contributed by atoms with Crippen LogP contribution in [-0.4, -0.2) is 0 Å². The predicted molar refractivity (Wildman–Crippen MR) is 72.7 cm³/mol. The molecular formula is C14H28. The average molecular weight is 196 g/mol. The zero-order valence-electron chi connectivity index (χ0n) is 10.6. The van der Waals surface area contributed by atoms with E-state index in [1.54, 1.807) is 12.2 Å². The molecule has 0 N–H and O–H groups in total. The van der Waals surface area contributed by atoms with Gasteiger partial charge in [0.2, 0.25) is 0 Å². The van der Waals surface area contributed by atoms with Crippen LogP contribution in [0.2, 0.25) is 0 Å². The van der Waals surface area contributed by atoms with Crippen molar-refractivity contribution in [3.63, 3.8) is 0 Å². The van der Waals surface area contributed by atoms with Gasteiger partial charge in [0.1, 0.15) is 0 Å². The second-order valence-electron chi connectivity index (χ2n) is 2.21. The molecule has 0 aromatic carbocycles. The second-order valence-corrected chi connectivity index (χ2v) is 2.21. The molecule has 0 atom stereocenters. The zero-order chi connectivity index (χ0) is 12.2. The maximum Gasteiger partial charge on any atom is -0.0382 e. The van der Waals surface area contributed by atoms with Gasteiger partial charge in [0, 0.05) is 0 Å². The maximum atomic E-state index is 3.48. The minimum atomic E-state index is 1.08.